The maximum Gasteiger partial charge on any atom is 0.312 e. The van der Waals surface area contributed by atoms with Crippen molar-refractivity contribution in [2.75, 3.05) is 32.1 Å². The fourth-order valence-corrected chi connectivity index (χ4v) is 5.24. The zero-order valence-electron chi connectivity index (χ0n) is 17.3. The molecule has 0 bridgehead atoms. The molecule has 0 saturated carbocycles. The highest BCUT2D eigenvalue weighted by Crippen LogP contribution is 2.56. The molecule has 5 atom stereocenters. The molecule has 0 aromatic heterocycles. The lowest BCUT2D eigenvalue weighted by molar-refractivity contribution is -0.200. The molecule has 2 saturated heterocycles. The number of fused-ring (bicyclic) bond motifs is 4. The number of likely N-dealkylation sites (N-methyl/N-ethyl adjacent to an activating group) is 2. The Hall–Kier alpha value is -2.94. The Balaban J connectivity index is 1.79. The predicted molar refractivity (Wildman–Crippen MR) is 103 cm³/mol. The normalized spacial score (nSPS) is 32.6. The maximum absolute atomic E-state index is 13.5. The lowest BCUT2D eigenvalue weighted by Crippen LogP contribution is -2.58. The second-order valence-electron chi connectivity index (χ2n) is 8.02. The van der Waals surface area contributed by atoms with Crippen molar-refractivity contribution in [1.29, 1.82) is 0 Å². The number of ether oxygens (including phenoxy) is 3. The smallest absolute Gasteiger partial charge is 0.312 e. The minimum Gasteiger partial charge on any atom is -0.462 e. The fraction of sp³-hybridized carbons (Fsp3) is 0.524. The number of anilines is 1. The van der Waals surface area contributed by atoms with E-state index in [-0.39, 0.29) is 12.5 Å². The van der Waals surface area contributed by atoms with Crippen molar-refractivity contribution in [3.63, 3.8) is 0 Å². The van der Waals surface area contributed by atoms with Gasteiger partial charge in [0.1, 0.15) is 18.2 Å². The van der Waals surface area contributed by atoms with Crippen LogP contribution in [0.1, 0.15) is 19.4 Å². The highest BCUT2D eigenvalue weighted by molar-refractivity contribution is 6.10. The van der Waals surface area contributed by atoms with E-state index in [0.717, 1.165) is 11.3 Å². The average Bonchev–Trinajstić information content (AvgIpc) is 3.12. The lowest BCUT2D eigenvalue weighted by Gasteiger charge is -2.41. The second kappa shape index (κ2) is 7.09. The number of rotatable bonds is 3. The van der Waals surface area contributed by atoms with Crippen LogP contribution in [-0.2, 0) is 38.9 Å². The van der Waals surface area contributed by atoms with Crippen LogP contribution >= 0.6 is 0 Å². The second-order valence-corrected chi connectivity index (χ2v) is 8.02. The zero-order chi connectivity index (χ0) is 21.8. The number of likely N-dealkylation sites (tertiary alicyclic amines) is 1. The number of esters is 3. The number of cyclic esters (lactones) is 1. The standard InChI is InChI=1S/C21H24N2O7/c1-11(24)28-10-16-18(29-12(2)25)13-9-22(3)21(17(13)19(26)30-16)14-7-5-6-8-15(14)23(4)20(21)27/h5-8,13,16-18H,9-10H2,1-4H3/t13-,16+,17+,18-,21+/m0/s1. The van der Waals surface area contributed by atoms with Gasteiger partial charge >= 0.3 is 17.9 Å². The molecule has 3 heterocycles. The van der Waals surface area contributed by atoms with Gasteiger partial charge in [-0.25, -0.2) is 0 Å². The van der Waals surface area contributed by atoms with Gasteiger partial charge in [0.2, 0.25) is 0 Å². The zero-order valence-corrected chi connectivity index (χ0v) is 17.3. The number of carbonyl (C=O) groups is 4. The summed E-state index contributed by atoms with van der Waals surface area (Å²) >= 11 is 0. The van der Waals surface area contributed by atoms with Gasteiger partial charge < -0.3 is 19.1 Å². The Morgan fingerprint density at radius 3 is 2.53 bits per heavy atom. The number of hydrogen-bond donors (Lipinski definition) is 0. The monoisotopic (exact) mass is 416 g/mol. The van der Waals surface area contributed by atoms with Gasteiger partial charge in [0.25, 0.3) is 5.91 Å². The van der Waals surface area contributed by atoms with Crippen molar-refractivity contribution < 1.29 is 33.4 Å². The number of benzene rings is 1. The molecule has 1 spiro atoms. The van der Waals surface area contributed by atoms with Crippen LogP contribution in [0.3, 0.4) is 0 Å². The largest absolute Gasteiger partial charge is 0.462 e. The predicted octanol–water partition coefficient (Wildman–Crippen LogP) is 0.456. The summed E-state index contributed by atoms with van der Waals surface area (Å²) in [5.41, 5.74) is 0.219. The highest BCUT2D eigenvalue weighted by Gasteiger charge is 2.70. The summed E-state index contributed by atoms with van der Waals surface area (Å²) in [5.74, 6) is -3.22. The van der Waals surface area contributed by atoms with Crippen molar-refractivity contribution in [2.45, 2.75) is 31.6 Å². The van der Waals surface area contributed by atoms with Gasteiger partial charge in [0.05, 0.1) is 5.92 Å². The van der Waals surface area contributed by atoms with E-state index in [1.165, 1.54) is 13.8 Å². The molecule has 0 aliphatic carbocycles. The van der Waals surface area contributed by atoms with E-state index in [9.17, 15) is 19.2 Å². The van der Waals surface area contributed by atoms with E-state index in [0.29, 0.717) is 6.54 Å². The van der Waals surface area contributed by atoms with Crippen LogP contribution in [0, 0.1) is 11.8 Å². The summed E-state index contributed by atoms with van der Waals surface area (Å²) in [5, 5.41) is 0. The molecule has 2 fully saturated rings. The first-order valence-electron chi connectivity index (χ1n) is 9.79. The molecule has 9 nitrogen and oxygen atoms in total. The molecule has 1 aromatic rings. The molecule has 30 heavy (non-hydrogen) atoms. The number of amides is 1. The summed E-state index contributed by atoms with van der Waals surface area (Å²) in [7, 11) is 3.46. The molecule has 0 N–H and O–H groups in total. The van der Waals surface area contributed by atoms with E-state index in [4.69, 9.17) is 14.2 Å². The SMILES string of the molecule is CC(=O)OC[C@H]1OC(=O)[C@H]2[C@H](CN(C)[C@@]23C(=O)N(C)c2ccccc23)[C@@H]1OC(C)=O. The molecule has 0 radical (unpaired) electrons. The summed E-state index contributed by atoms with van der Waals surface area (Å²) in [4.78, 5) is 53.2. The molecule has 0 unspecified atom stereocenters. The van der Waals surface area contributed by atoms with Crippen molar-refractivity contribution in [3.8, 4) is 0 Å². The van der Waals surface area contributed by atoms with Crippen molar-refractivity contribution in [3.05, 3.63) is 29.8 Å². The Morgan fingerprint density at radius 2 is 1.87 bits per heavy atom. The molecular weight excluding hydrogens is 392 g/mol. The summed E-state index contributed by atoms with van der Waals surface area (Å²) in [6.07, 6.45) is -1.77. The number of nitrogens with zero attached hydrogens (tertiary/aromatic N) is 2. The van der Waals surface area contributed by atoms with Crippen LogP contribution in [-0.4, -0.2) is 68.2 Å². The van der Waals surface area contributed by atoms with Gasteiger partial charge in [-0.05, 0) is 13.1 Å². The quantitative estimate of drug-likeness (QED) is 0.517. The number of carbonyl (C=O) groups excluding carboxylic acids is 4. The molecule has 9 heteroatoms. The third-order valence-electron chi connectivity index (χ3n) is 6.33. The van der Waals surface area contributed by atoms with Gasteiger partial charge in [-0.2, -0.15) is 0 Å². The van der Waals surface area contributed by atoms with Crippen LogP contribution in [0.25, 0.3) is 0 Å². The maximum atomic E-state index is 13.5. The Bertz CT molecular complexity index is 932. The fourth-order valence-electron chi connectivity index (χ4n) is 5.24. The van der Waals surface area contributed by atoms with E-state index < -0.39 is 47.5 Å². The van der Waals surface area contributed by atoms with Gasteiger partial charge in [0.15, 0.2) is 6.10 Å². The van der Waals surface area contributed by atoms with Gasteiger partial charge in [-0.15, -0.1) is 0 Å². The first-order valence-corrected chi connectivity index (χ1v) is 9.79. The van der Waals surface area contributed by atoms with E-state index in [2.05, 4.69) is 0 Å². The third-order valence-corrected chi connectivity index (χ3v) is 6.33. The summed E-state index contributed by atoms with van der Waals surface area (Å²) in [6, 6.07) is 7.35. The first kappa shape index (κ1) is 20.3. The highest BCUT2D eigenvalue weighted by atomic mass is 16.6. The molecule has 1 aromatic carbocycles. The molecule has 160 valence electrons. The van der Waals surface area contributed by atoms with Gasteiger partial charge in [0, 0.05) is 44.6 Å². The molecular formula is C21H24N2O7. The van der Waals surface area contributed by atoms with Crippen molar-refractivity contribution >= 4 is 29.5 Å². The Kier molecular flexibility index (Phi) is 4.80. The molecule has 3 aliphatic rings. The molecule has 3 aliphatic heterocycles. The van der Waals surface area contributed by atoms with Crippen molar-refractivity contribution in [1.82, 2.24) is 4.90 Å². The number of hydrogen-bond acceptors (Lipinski definition) is 8. The van der Waals surface area contributed by atoms with E-state index >= 15 is 0 Å². The molecule has 4 rings (SSSR count). The van der Waals surface area contributed by atoms with Crippen molar-refractivity contribution in [2.24, 2.45) is 11.8 Å². The summed E-state index contributed by atoms with van der Waals surface area (Å²) < 4.78 is 16.2. The Labute approximate surface area is 173 Å². The van der Waals surface area contributed by atoms with Crippen LogP contribution in [0.4, 0.5) is 5.69 Å². The minimum absolute atomic E-state index is 0.219. The lowest BCUT2D eigenvalue weighted by atomic mass is 9.72. The van der Waals surface area contributed by atoms with Crippen LogP contribution in [0.2, 0.25) is 0 Å². The summed E-state index contributed by atoms with van der Waals surface area (Å²) in [6.45, 7) is 2.63. The minimum atomic E-state index is -1.24. The van der Waals surface area contributed by atoms with Crippen LogP contribution in [0.15, 0.2) is 24.3 Å². The van der Waals surface area contributed by atoms with E-state index in [1.807, 2.05) is 29.2 Å². The third kappa shape index (κ3) is 2.72. The van der Waals surface area contributed by atoms with Gasteiger partial charge in [-0.1, -0.05) is 18.2 Å². The average molecular weight is 416 g/mol. The van der Waals surface area contributed by atoms with Crippen LogP contribution < -0.4 is 4.90 Å². The topological polar surface area (TPSA) is 102 Å². The van der Waals surface area contributed by atoms with E-state index in [1.54, 1.807) is 19.0 Å². The Morgan fingerprint density at radius 1 is 1.17 bits per heavy atom. The molecule has 1 amide bonds. The first-order chi connectivity index (χ1) is 14.2. The van der Waals surface area contributed by atoms with Crippen LogP contribution in [0.5, 0.6) is 0 Å². The number of para-hydroxylation sites is 1. The van der Waals surface area contributed by atoms with Gasteiger partial charge in [-0.3, -0.25) is 24.1 Å².